The fourth-order valence-electron chi connectivity index (χ4n) is 0.568. The molecule has 1 N–H and O–H groups in total. The Kier molecular flexibility index (Phi) is 1.75. The summed E-state index contributed by atoms with van der Waals surface area (Å²) in [4.78, 5) is 4.81. The highest BCUT2D eigenvalue weighted by molar-refractivity contribution is 5.09. The fourth-order valence-corrected chi connectivity index (χ4v) is 0.568. The first-order valence-corrected chi connectivity index (χ1v) is 2.73. The molecule has 0 saturated carbocycles. The van der Waals surface area contributed by atoms with Crippen molar-refractivity contribution in [2.24, 2.45) is 0 Å². The van der Waals surface area contributed by atoms with Gasteiger partial charge in [-0.1, -0.05) is 0 Å². The Morgan fingerprint density at radius 3 is 2.78 bits per heavy atom. The van der Waals surface area contributed by atoms with E-state index in [0.29, 0.717) is 5.95 Å². The molecule has 1 aromatic heterocycles. The largest absolute Gasteiger partial charge is 0.430 e. The predicted octanol–water partition coefficient (Wildman–Crippen LogP) is 1.10. The van der Waals surface area contributed by atoms with Crippen molar-refractivity contribution in [3.63, 3.8) is 0 Å². The van der Waals surface area contributed by atoms with Crippen molar-refractivity contribution in [2.75, 3.05) is 7.05 Å². The van der Waals surface area contributed by atoms with Gasteiger partial charge in [0.1, 0.15) is 5.76 Å². The van der Waals surface area contributed by atoms with Crippen LogP contribution in [-0.2, 0) is 0 Å². The molecule has 0 atom stereocenters. The van der Waals surface area contributed by atoms with Crippen LogP contribution in [0.5, 0.6) is 5.95 Å². The van der Waals surface area contributed by atoms with Gasteiger partial charge in [-0.05, 0) is 13.0 Å². The second-order valence-electron chi connectivity index (χ2n) is 1.67. The normalized spacial score (nSPS) is 9.56. The van der Waals surface area contributed by atoms with E-state index in [9.17, 15) is 0 Å². The van der Waals surface area contributed by atoms with Gasteiger partial charge in [-0.25, -0.2) is 0 Å². The van der Waals surface area contributed by atoms with Crippen molar-refractivity contribution in [3.8, 4) is 5.95 Å². The van der Waals surface area contributed by atoms with Crippen LogP contribution in [0, 0.1) is 6.92 Å². The molecule has 1 rings (SSSR count). The van der Waals surface area contributed by atoms with Gasteiger partial charge in [0.25, 0.3) is 0 Å². The lowest BCUT2D eigenvalue weighted by Crippen LogP contribution is -2.09. The molecule has 0 fully saturated rings. The van der Waals surface area contributed by atoms with Crippen molar-refractivity contribution >= 4 is 0 Å². The Morgan fingerprint density at radius 2 is 2.33 bits per heavy atom. The number of hydrogen-bond donors (Lipinski definition) is 1. The molecule has 0 aliphatic carbocycles. The molecule has 0 saturated heterocycles. The number of hydrogen-bond acceptors (Lipinski definition) is 3. The van der Waals surface area contributed by atoms with E-state index in [2.05, 4.69) is 5.48 Å². The van der Waals surface area contributed by atoms with Gasteiger partial charge in [0, 0.05) is 13.1 Å². The minimum absolute atomic E-state index is 0.495. The summed E-state index contributed by atoms with van der Waals surface area (Å²) < 4.78 is 5.04. The van der Waals surface area contributed by atoms with Gasteiger partial charge in [-0.3, -0.25) is 0 Å². The van der Waals surface area contributed by atoms with E-state index in [1.165, 1.54) is 0 Å². The second-order valence-corrected chi connectivity index (χ2v) is 1.67. The quantitative estimate of drug-likeness (QED) is 0.604. The zero-order chi connectivity index (χ0) is 6.69. The molecule has 50 valence electrons. The van der Waals surface area contributed by atoms with Gasteiger partial charge >= 0.3 is 5.95 Å². The molecular formula is C6H9NO2. The first-order valence-electron chi connectivity index (χ1n) is 2.73. The van der Waals surface area contributed by atoms with E-state index in [1.54, 1.807) is 13.1 Å². The first-order chi connectivity index (χ1) is 4.33. The minimum atomic E-state index is 0.495. The van der Waals surface area contributed by atoms with Gasteiger partial charge < -0.3 is 9.25 Å². The number of furan rings is 1. The monoisotopic (exact) mass is 127 g/mol. The highest BCUT2D eigenvalue weighted by Gasteiger charge is 1.94. The third-order valence-corrected chi connectivity index (χ3v) is 0.918. The summed E-state index contributed by atoms with van der Waals surface area (Å²) >= 11 is 0. The standard InChI is InChI=1S/C6H9NO2/c1-5-3-4-6(8-5)9-7-2/h3-4,7H,1-2H3. The fraction of sp³-hybridized carbons (Fsp3) is 0.333. The van der Waals surface area contributed by atoms with Gasteiger partial charge in [0.2, 0.25) is 0 Å². The van der Waals surface area contributed by atoms with E-state index in [4.69, 9.17) is 9.25 Å². The lowest BCUT2D eigenvalue weighted by molar-refractivity contribution is 0.166. The summed E-state index contributed by atoms with van der Waals surface area (Å²) in [6, 6.07) is 3.60. The van der Waals surface area contributed by atoms with Gasteiger partial charge in [0.05, 0.1) is 0 Å². The van der Waals surface area contributed by atoms with Crippen LogP contribution in [0.25, 0.3) is 0 Å². The maximum atomic E-state index is 5.04. The first kappa shape index (κ1) is 6.16. The van der Waals surface area contributed by atoms with Gasteiger partial charge in [-0.15, -0.1) is 0 Å². The number of hydroxylamine groups is 1. The predicted molar refractivity (Wildman–Crippen MR) is 33.1 cm³/mol. The summed E-state index contributed by atoms with van der Waals surface area (Å²) in [6.45, 7) is 1.86. The van der Waals surface area contributed by atoms with E-state index in [1.807, 2.05) is 13.0 Å². The van der Waals surface area contributed by atoms with Crippen molar-refractivity contribution < 1.29 is 9.25 Å². The highest BCUT2D eigenvalue weighted by Crippen LogP contribution is 2.12. The van der Waals surface area contributed by atoms with Crippen LogP contribution in [0.1, 0.15) is 5.76 Å². The van der Waals surface area contributed by atoms with Crippen LogP contribution in [0.15, 0.2) is 16.5 Å². The maximum Gasteiger partial charge on any atom is 0.304 e. The molecule has 0 aliphatic rings. The van der Waals surface area contributed by atoms with Crippen LogP contribution in [0.4, 0.5) is 0 Å². The van der Waals surface area contributed by atoms with E-state index < -0.39 is 0 Å². The SMILES string of the molecule is CNOc1ccc(C)o1. The summed E-state index contributed by atoms with van der Waals surface area (Å²) in [7, 11) is 1.68. The molecular weight excluding hydrogens is 118 g/mol. The lowest BCUT2D eigenvalue weighted by atomic mass is 10.5. The molecule has 3 nitrogen and oxygen atoms in total. The topological polar surface area (TPSA) is 34.4 Å². The van der Waals surface area contributed by atoms with Gasteiger partial charge in [0.15, 0.2) is 0 Å². The Balaban J connectivity index is 2.61. The number of rotatable bonds is 2. The zero-order valence-corrected chi connectivity index (χ0v) is 5.47. The number of aryl methyl sites for hydroxylation is 1. The highest BCUT2D eigenvalue weighted by atomic mass is 16.7. The van der Waals surface area contributed by atoms with E-state index in [0.717, 1.165) is 5.76 Å². The van der Waals surface area contributed by atoms with Crippen LogP contribution >= 0.6 is 0 Å². The van der Waals surface area contributed by atoms with E-state index >= 15 is 0 Å². The molecule has 0 aliphatic heterocycles. The van der Waals surface area contributed by atoms with Crippen molar-refractivity contribution in [1.29, 1.82) is 0 Å². The molecule has 0 radical (unpaired) electrons. The van der Waals surface area contributed by atoms with Crippen molar-refractivity contribution in [1.82, 2.24) is 5.48 Å². The van der Waals surface area contributed by atoms with Crippen molar-refractivity contribution in [3.05, 3.63) is 17.9 Å². The molecule has 0 spiro atoms. The average Bonchev–Trinajstić information content (AvgIpc) is 2.17. The molecule has 0 unspecified atom stereocenters. The summed E-state index contributed by atoms with van der Waals surface area (Å²) in [5.41, 5.74) is 2.50. The average molecular weight is 127 g/mol. The van der Waals surface area contributed by atoms with Gasteiger partial charge in [-0.2, -0.15) is 5.48 Å². The van der Waals surface area contributed by atoms with Crippen LogP contribution in [-0.4, -0.2) is 7.05 Å². The third-order valence-electron chi connectivity index (χ3n) is 0.918. The Hall–Kier alpha value is -0.960. The molecule has 1 aromatic rings. The minimum Gasteiger partial charge on any atom is -0.430 e. The maximum absolute atomic E-state index is 5.04. The number of nitrogens with one attached hydrogen (secondary N) is 1. The smallest absolute Gasteiger partial charge is 0.304 e. The molecule has 0 amide bonds. The Morgan fingerprint density at radius 1 is 1.56 bits per heavy atom. The zero-order valence-electron chi connectivity index (χ0n) is 5.47. The summed E-state index contributed by atoms with van der Waals surface area (Å²) in [6.07, 6.45) is 0. The van der Waals surface area contributed by atoms with Crippen LogP contribution < -0.4 is 10.3 Å². The summed E-state index contributed by atoms with van der Waals surface area (Å²) in [5.74, 6) is 1.34. The van der Waals surface area contributed by atoms with Crippen molar-refractivity contribution in [2.45, 2.75) is 6.92 Å². The molecule has 1 heterocycles. The molecule has 0 aromatic carbocycles. The van der Waals surface area contributed by atoms with Crippen LogP contribution in [0.3, 0.4) is 0 Å². The summed E-state index contributed by atoms with van der Waals surface area (Å²) in [5, 5.41) is 0. The Bertz CT molecular complexity index is 183. The lowest BCUT2D eigenvalue weighted by Gasteiger charge is -1.94. The second kappa shape index (κ2) is 2.55. The third kappa shape index (κ3) is 1.47. The van der Waals surface area contributed by atoms with Crippen LogP contribution in [0.2, 0.25) is 0 Å². The molecule has 3 heteroatoms. The Labute approximate surface area is 53.6 Å². The molecule has 0 bridgehead atoms. The van der Waals surface area contributed by atoms with E-state index in [-0.39, 0.29) is 0 Å². The molecule has 9 heavy (non-hydrogen) atoms.